The first kappa shape index (κ1) is 18.0. The molecule has 2 amide bonds. The van der Waals surface area contributed by atoms with Gasteiger partial charge in [0.1, 0.15) is 5.82 Å². The Morgan fingerprint density at radius 3 is 2.50 bits per heavy atom. The molecule has 1 aromatic heterocycles. The normalized spacial score (nSPS) is 14.8. The number of rotatable bonds is 4. The van der Waals surface area contributed by atoms with Gasteiger partial charge in [0.05, 0.1) is 11.3 Å². The molecule has 0 atom stereocenters. The third kappa shape index (κ3) is 3.90. The Kier molecular flexibility index (Phi) is 5.30. The summed E-state index contributed by atoms with van der Waals surface area (Å²) >= 11 is 0. The number of carbonyl (C=O) groups is 2. The van der Waals surface area contributed by atoms with E-state index in [1.54, 1.807) is 19.1 Å². The molecule has 1 heterocycles. The van der Waals surface area contributed by atoms with Crippen LogP contribution in [0.3, 0.4) is 0 Å². The fraction of sp³-hybridized carbons (Fsp3) is 0.350. The van der Waals surface area contributed by atoms with Gasteiger partial charge in [-0.05, 0) is 49.6 Å². The van der Waals surface area contributed by atoms with Crippen molar-refractivity contribution in [3.63, 3.8) is 0 Å². The molecule has 0 radical (unpaired) electrons. The molecule has 1 fully saturated rings. The van der Waals surface area contributed by atoms with Crippen molar-refractivity contribution in [1.29, 1.82) is 0 Å². The molecule has 3 rings (SSSR count). The number of nitrogens with zero attached hydrogens (tertiary/aromatic N) is 1. The highest BCUT2D eigenvalue weighted by Crippen LogP contribution is 2.25. The number of halogens is 1. The lowest BCUT2D eigenvalue weighted by molar-refractivity contribution is 0.0926. The van der Waals surface area contributed by atoms with Gasteiger partial charge in [0, 0.05) is 23.4 Å². The van der Waals surface area contributed by atoms with Crippen molar-refractivity contribution in [3.05, 3.63) is 53.0 Å². The molecule has 5 nitrogen and oxygen atoms in total. The molecule has 26 heavy (non-hydrogen) atoms. The number of aromatic nitrogens is 1. The number of amides is 2. The number of hydrogen-bond acceptors (Lipinski definition) is 3. The number of nitrogens with two attached hydrogens (primary N) is 1. The average Bonchev–Trinajstić information content (AvgIpc) is 2.64. The van der Waals surface area contributed by atoms with Crippen molar-refractivity contribution in [3.8, 4) is 11.3 Å². The van der Waals surface area contributed by atoms with Gasteiger partial charge >= 0.3 is 0 Å². The van der Waals surface area contributed by atoms with Crippen molar-refractivity contribution in [2.24, 2.45) is 5.73 Å². The predicted octanol–water partition coefficient (Wildman–Crippen LogP) is 3.36. The quantitative estimate of drug-likeness (QED) is 0.882. The summed E-state index contributed by atoms with van der Waals surface area (Å²) in [6.07, 6.45) is 7.00. The maximum absolute atomic E-state index is 14.1. The topological polar surface area (TPSA) is 85.1 Å². The van der Waals surface area contributed by atoms with Gasteiger partial charge in [-0.1, -0.05) is 19.3 Å². The Balaban J connectivity index is 1.81. The molecule has 6 heteroatoms. The molecule has 0 saturated heterocycles. The molecular weight excluding hydrogens is 333 g/mol. The first-order chi connectivity index (χ1) is 12.5. The van der Waals surface area contributed by atoms with Crippen LogP contribution in [-0.2, 0) is 0 Å². The third-order valence-electron chi connectivity index (χ3n) is 4.87. The van der Waals surface area contributed by atoms with Crippen molar-refractivity contribution in [2.45, 2.75) is 45.1 Å². The van der Waals surface area contributed by atoms with Crippen LogP contribution in [0, 0.1) is 12.7 Å². The van der Waals surface area contributed by atoms with Crippen LogP contribution in [0.1, 0.15) is 58.4 Å². The molecule has 136 valence electrons. The van der Waals surface area contributed by atoms with Gasteiger partial charge in [-0.3, -0.25) is 14.6 Å². The van der Waals surface area contributed by atoms with E-state index in [1.807, 2.05) is 0 Å². The van der Waals surface area contributed by atoms with Crippen LogP contribution in [0.15, 0.2) is 30.5 Å². The van der Waals surface area contributed by atoms with Gasteiger partial charge in [0.25, 0.3) is 5.91 Å². The van der Waals surface area contributed by atoms with E-state index in [0.717, 1.165) is 31.7 Å². The average molecular weight is 355 g/mol. The van der Waals surface area contributed by atoms with Gasteiger partial charge < -0.3 is 11.1 Å². The molecule has 1 aromatic carbocycles. The first-order valence-corrected chi connectivity index (χ1v) is 8.83. The lowest BCUT2D eigenvalue weighted by Crippen LogP contribution is -2.36. The number of pyridine rings is 1. The molecular formula is C20H22FN3O2. The van der Waals surface area contributed by atoms with Crippen LogP contribution >= 0.6 is 0 Å². The van der Waals surface area contributed by atoms with E-state index in [9.17, 15) is 14.0 Å². The zero-order valence-corrected chi connectivity index (χ0v) is 14.7. The number of primary amides is 1. The first-order valence-electron chi connectivity index (χ1n) is 8.83. The van der Waals surface area contributed by atoms with E-state index >= 15 is 0 Å². The third-order valence-corrected chi connectivity index (χ3v) is 4.87. The minimum absolute atomic E-state index is 0.0871. The molecule has 1 saturated carbocycles. The van der Waals surface area contributed by atoms with Crippen molar-refractivity contribution in [2.75, 3.05) is 0 Å². The van der Waals surface area contributed by atoms with E-state index < -0.39 is 11.7 Å². The van der Waals surface area contributed by atoms with Crippen LogP contribution in [0.5, 0.6) is 0 Å². The molecule has 0 aliphatic heterocycles. The fourth-order valence-electron chi connectivity index (χ4n) is 3.29. The van der Waals surface area contributed by atoms with E-state index in [0.29, 0.717) is 22.4 Å². The summed E-state index contributed by atoms with van der Waals surface area (Å²) < 4.78 is 14.1. The SMILES string of the molecule is Cc1c(F)cc(C(N)=O)cc1-c1ccc(C(=O)NC2CCCCC2)cn1. The Labute approximate surface area is 151 Å². The largest absolute Gasteiger partial charge is 0.366 e. The summed E-state index contributed by atoms with van der Waals surface area (Å²) in [5.41, 5.74) is 7.15. The zero-order chi connectivity index (χ0) is 18.7. The minimum Gasteiger partial charge on any atom is -0.366 e. The van der Waals surface area contributed by atoms with E-state index in [2.05, 4.69) is 10.3 Å². The van der Waals surface area contributed by atoms with Gasteiger partial charge in [0.15, 0.2) is 0 Å². The molecule has 0 spiro atoms. The maximum atomic E-state index is 14.1. The number of carbonyl (C=O) groups excluding carboxylic acids is 2. The van der Waals surface area contributed by atoms with Crippen LogP contribution in [-0.4, -0.2) is 22.8 Å². The number of benzene rings is 1. The Bertz CT molecular complexity index is 828. The van der Waals surface area contributed by atoms with Crippen molar-refractivity contribution >= 4 is 11.8 Å². The second-order valence-electron chi connectivity index (χ2n) is 6.74. The second kappa shape index (κ2) is 7.64. The minimum atomic E-state index is -0.700. The van der Waals surface area contributed by atoms with E-state index in [4.69, 9.17) is 5.73 Å². The Morgan fingerprint density at radius 2 is 1.88 bits per heavy atom. The molecule has 2 aromatic rings. The number of nitrogens with one attached hydrogen (secondary N) is 1. The highest BCUT2D eigenvalue weighted by atomic mass is 19.1. The van der Waals surface area contributed by atoms with E-state index in [1.165, 1.54) is 18.7 Å². The second-order valence-corrected chi connectivity index (χ2v) is 6.74. The predicted molar refractivity (Wildman–Crippen MR) is 97.2 cm³/mol. The summed E-state index contributed by atoms with van der Waals surface area (Å²) in [4.78, 5) is 28.0. The molecule has 0 unspecified atom stereocenters. The molecule has 3 N–H and O–H groups in total. The lowest BCUT2D eigenvalue weighted by atomic mass is 9.95. The van der Waals surface area contributed by atoms with Crippen LogP contribution < -0.4 is 11.1 Å². The van der Waals surface area contributed by atoms with Gasteiger partial charge in [-0.25, -0.2) is 4.39 Å². The summed E-state index contributed by atoms with van der Waals surface area (Å²) in [7, 11) is 0. The molecule has 1 aliphatic carbocycles. The van der Waals surface area contributed by atoms with Crippen molar-refractivity contribution < 1.29 is 14.0 Å². The van der Waals surface area contributed by atoms with E-state index in [-0.39, 0.29) is 17.5 Å². The zero-order valence-electron chi connectivity index (χ0n) is 14.7. The Morgan fingerprint density at radius 1 is 1.15 bits per heavy atom. The summed E-state index contributed by atoms with van der Waals surface area (Å²) in [5.74, 6) is -1.37. The summed E-state index contributed by atoms with van der Waals surface area (Å²) in [6.45, 7) is 1.61. The number of hydrogen-bond donors (Lipinski definition) is 2. The summed E-state index contributed by atoms with van der Waals surface area (Å²) in [6, 6.07) is 6.18. The van der Waals surface area contributed by atoms with Gasteiger partial charge in [-0.2, -0.15) is 0 Å². The van der Waals surface area contributed by atoms with Gasteiger partial charge in [-0.15, -0.1) is 0 Å². The summed E-state index contributed by atoms with van der Waals surface area (Å²) in [5, 5.41) is 3.04. The van der Waals surface area contributed by atoms with Crippen LogP contribution in [0.2, 0.25) is 0 Å². The van der Waals surface area contributed by atoms with Crippen LogP contribution in [0.4, 0.5) is 4.39 Å². The Hall–Kier alpha value is -2.76. The maximum Gasteiger partial charge on any atom is 0.253 e. The fourth-order valence-corrected chi connectivity index (χ4v) is 3.29. The van der Waals surface area contributed by atoms with Crippen molar-refractivity contribution in [1.82, 2.24) is 10.3 Å². The monoisotopic (exact) mass is 355 g/mol. The standard InChI is InChI=1S/C20H22FN3O2/c1-12-16(9-14(19(22)25)10-17(12)21)18-8-7-13(11-23-18)20(26)24-15-5-3-2-4-6-15/h7-11,15H,2-6H2,1H3,(H2,22,25)(H,24,26). The lowest BCUT2D eigenvalue weighted by Gasteiger charge is -2.22. The smallest absolute Gasteiger partial charge is 0.253 e. The highest BCUT2D eigenvalue weighted by Gasteiger charge is 2.17. The van der Waals surface area contributed by atoms with Crippen LogP contribution in [0.25, 0.3) is 11.3 Å². The highest BCUT2D eigenvalue weighted by molar-refractivity contribution is 5.95. The molecule has 0 bridgehead atoms. The van der Waals surface area contributed by atoms with Gasteiger partial charge in [0.2, 0.25) is 5.91 Å². The molecule has 1 aliphatic rings.